The standard InChI is InChI=1S/C35H70O4.C2H6NO3P/c1-3-5-7-9-11-13-15-17-19-21-23-25-27-29-31-38-33-34(32-36)39-35(37)30-28-26-24-22-20-18-16-14-12-10-8-6-4-2;1-2(4)3-7(5)6/h34,36H,3-33H2,1-2H3;2,4H,1H3,(H,3,5,6). The van der Waals surface area contributed by atoms with E-state index in [0.717, 1.165) is 19.3 Å². The van der Waals surface area contributed by atoms with Crippen molar-refractivity contribution >= 4 is 14.1 Å². The van der Waals surface area contributed by atoms with E-state index in [9.17, 15) is 19.4 Å². The molecule has 0 spiro atoms. The van der Waals surface area contributed by atoms with Crippen molar-refractivity contribution < 1.29 is 33.9 Å². The van der Waals surface area contributed by atoms with Gasteiger partial charge in [0.2, 0.25) is 0 Å². The lowest BCUT2D eigenvalue weighted by molar-refractivity contribution is -0.169. The topological polar surface area (TPSA) is 128 Å². The second-order valence-electron chi connectivity index (χ2n) is 13.0. The molecule has 46 heavy (non-hydrogen) atoms. The number of nitrogens with one attached hydrogen (secondary N) is 1. The minimum Gasteiger partial charge on any atom is -0.578 e. The maximum atomic E-state index is 12.1. The van der Waals surface area contributed by atoms with Crippen LogP contribution >= 0.6 is 8.18 Å². The highest BCUT2D eigenvalue weighted by molar-refractivity contribution is 7.33. The van der Waals surface area contributed by atoms with Crippen LogP contribution in [-0.2, 0) is 18.8 Å². The van der Waals surface area contributed by atoms with Crippen molar-refractivity contribution in [1.29, 1.82) is 0 Å². The summed E-state index contributed by atoms with van der Waals surface area (Å²) >= 11 is 0. The summed E-state index contributed by atoms with van der Waals surface area (Å²) in [6.45, 7) is 6.70. The molecule has 0 bridgehead atoms. The van der Waals surface area contributed by atoms with Crippen LogP contribution < -0.4 is 9.98 Å². The number of aliphatic hydroxyl groups is 2. The Morgan fingerprint density at radius 3 is 1.30 bits per heavy atom. The van der Waals surface area contributed by atoms with Crippen molar-refractivity contribution in [2.45, 2.75) is 213 Å². The highest BCUT2D eigenvalue weighted by Crippen LogP contribution is 2.15. The second kappa shape index (κ2) is 40.5. The third kappa shape index (κ3) is 43.4. The van der Waals surface area contributed by atoms with Gasteiger partial charge in [0.05, 0.1) is 13.2 Å². The first-order valence-corrected chi connectivity index (χ1v) is 20.5. The molecule has 0 amide bonds. The number of hydrogen-bond donors (Lipinski definition) is 3. The van der Waals surface area contributed by atoms with Gasteiger partial charge in [0.1, 0.15) is 12.3 Å². The molecule has 0 rings (SSSR count). The number of esters is 1. The summed E-state index contributed by atoms with van der Waals surface area (Å²) in [5.41, 5.74) is 0. The molecule has 0 aliphatic rings. The van der Waals surface area contributed by atoms with Gasteiger partial charge < -0.3 is 24.6 Å². The molecule has 0 saturated carbocycles. The molecule has 0 aromatic rings. The van der Waals surface area contributed by atoms with Gasteiger partial charge in [0.25, 0.3) is 0 Å². The monoisotopic (exact) mass is 678 g/mol. The Kier molecular flexibility index (Phi) is 41.9. The average molecular weight is 678 g/mol. The van der Waals surface area contributed by atoms with E-state index in [-0.39, 0.29) is 12.6 Å². The number of carbonyl (C=O) groups is 1. The van der Waals surface area contributed by atoms with E-state index in [0.29, 0.717) is 19.6 Å². The molecule has 3 N–H and O–H groups in total. The number of hydrogen-bond acceptors (Lipinski definition) is 7. The Labute approximate surface area is 285 Å². The van der Waals surface area contributed by atoms with Gasteiger partial charge in [-0.3, -0.25) is 4.79 Å². The van der Waals surface area contributed by atoms with Crippen LogP contribution in [0.1, 0.15) is 201 Å². The number of rotatable bonds is 35. The Bertz CT molecular complexity index is 625. The second-order valence-corrected chi connectivity index (χ2v) is 13.8. The van der Waals surface area contributed by atoms with E-state index in [1.54, 1.807) is 0 Å². The van der Waals surface area contributed by atoms with Gasteiger partial charge in [-0.2, -0.15) is 0 Å². The van der Waals surface area contributed by atoms with Gasteiger partial charge in [-0.1, -0.05) is 184 Å². The van der Waals surface area contributed by atoms with Crippen LogP contribution in [0.5, 0.6) is 0 Å². The molecule has 0 aromatic carbocycles. The van der Waals surface area contributed by atoms with Crippen LogP contribution in [-0.4, -0.2) is 48.3 Å². The molecule has 3 unspecified atom stereocenters. The summed E-state index contributed by atoms with van der Waals surface area (Å²) in [5.74, 6) is -0.197. The highest BCUT2D eigenvalue weighted by Gasteiger charge is 2.13. The lowest BCUT2D eigenvalue weighted by Gasteiger charge is -2.16. The average Bonchev–Trinajstić information content (AvgIpc) is 3.02. The van der Waals surface area contributed by atoms with Crippen LogP contribution in [0.4, 0.5) is 0 Å². The molecule has 0 saturated heterocycles. The quantitative estimate of drug-likeness (QED) is 0.0262. The molecule has 8 nitrogen and oxygen atoms in total. The number of unbranched alkanes of at least 4 members (excludes halogenated alkanes) is 25. The molecular formula is C37H76NO7P. The number of ether oxygens (including phenoxy) is 2. The van der Waals surface area contributed by atoms with Crippen molar-refractivity contribution in [3.63, 3.8) is 0 Å². The number of aliphatic hydroxyl groups excluding tert-OH is 2. The van der Waals surface area contributed by atoms with E-state index < -0.39 is 20.5 Å². The van der Waals surface area contributed by atoms with E-state index in [2.05, 4.69) is 13.8 Å². The van der Waals surface area contributed by atoms with Crippen LogP contribution in [0, 0.1) is 0 Å². The van der Waals surface area contributed by atoms with E-state index in [1.165, 1.54) is 161 Å². The Morgan fingerprint density at radius 2 is 1.00 bits per heavy atom. The normalized spacial score (nSPS) is 12.8. The highest BCUT2D eigenvalue weighted by atomic mass is 31.1. The van der Waals surface area contributed by atoms with Gasteiger partial charge in [0, 0.05) is 13.0 Å². The largest absolute Gasteiger partial charge is 0.578 e. The zero-order chi connectivity index (χ0) is 34.4. The lowest BCUT2D eigenvalue weighted by Crippen LogP contribution is -2.27. The van der Waals surface area contributed by atoms with E-state index in [1.807, 2.05) is 5.09 Å². The predicted octanol–water partition coefficient (Wildman–Crippen LogP) is 9.80. The van der Waals surface area contributed by atoms with Crippen molar-refractivity contribution in [3.05, 3.63) is 0 Å². The van der Waals surface area contributed by atoms with Gasteiger partial charge >= 0.3 is 14.1 Å². The fourth-order valence-electron chi connectivity index (χ4n) is 5.42. The van der Waals surface area contributed by atoms with Crippen molar-refractivity contribution in [2.24, 2.45) is 0 Å². The first kappa shape index (κ1) is 47.5. The van der Waals surface area contributed by atoms with Crippen molar-refractivity contribution in [1.82, 2.24) is 5.09 Å². The van der Waals surface area contributed by atoms with Crippen LogP contribution in [0.3, 0.4) is 0 Å². The maximum absolute atomic E-state index is 12.1. The van der Waals surface area contributed by atoms with E-state index in [4.69, 9.17) is 14.6 Å². The molecule has 0 aliphatic heterocycles. The Balaban J connectivity index is 0. The summed E-state index contributed by atoms with van der Waals surface area (Å²) < 4.78 is 20.7. The maximum Gasteiger partial charge on any atom is 0.410 e. The molecule has 0 fully saturated rings. The van der Waals surface area contributed by atoms with Gasteiger partial charge in [-0.05, 0) is 19.8 Å². The summed E-state index contributed by atoms with van der Waals surface area (Å²) in [4.78, 5) is 21.7. The molecular weight excluding hydrogens is 601 g/mol. The third-order valence-corrected chi connectivity index (χ3v) is 8.81. The molecule has 0 aliphatic carbocycles. The van der Waals surface area contributed by atoms with Gasteiger partial charge in [0.15, 0.2) is 0 Å². The summed E-state index contributed by atoms with van der Waals surface area (Å²) in [5, 5.41) is 19.6. The number of carbonyl (C=O) groups excluding carboxylic acids is 1. The van der Waals surface area contributed by atoms with Crippen LogP contribution in [0.2, 0.25) is 0 Å². The van der Waals surface area contributed by atoms with Gasteiger partial charge in [-0.25, -0.2) is 0 Å². The SMILES string of the molecule is CC(O)N[P+](=O)[O-].CCCCCCCCCCCCCCCCOCC(CO)OC(=O)CCCCCCCCCCCCCCC. The molecule has 3 atom stereocenters. The predicted molar refractivity (Wildman–Crippen MR) is 191 cm³/mol. The minimum absolute atomic E-state index is 0.164. The van der Waals surface area contributed by atoms with Crippen molar-refractivity contribution in [3.8, 4) is 0 Å². The van der Waals surface area contributed by atoms with E-state index >= 15 is 0 Å². The fraction of sp³-hybridized carbons (Fsp3) is 0.973. The summed E-state index contributed by atoms with van der Waals surface area (Å²) in [6, 6.07) is 0. The zero-order valence-electron chi connectivity index (χ0n) is 30.5. The van der Waals surface area contributed by atoms with Crippen molar-refractivity contribution in [2.75, 3.05) is 19.8 Å². The minimum atomic E-state index is -2.64. The lowest BCUT2D eigenvalue weighted by atomic mass is 10.0. The van der Waals surface area contributed by atoms with Gasteiger partial charge in [-0.15, -0.1) is 0 Å². The smallest absolute Gasteiger partial charge is 0.410 e. The Hall–Kier alpha value is -0.630. The molecule has 9 heteroatoms. The molecule has 276 valence electrons. The first-order valence-electron chi connectivity index (χ1n) is 19.3. The fourth-order valence-corrected chi connectivity index (χ4v) is 5.73. The first-order chi connectivity index (χ1) is 22.4. The summed E-state index contributed by atoms with van der Waals surface area (Å²) in [6.07, 6.45) is 34.6. The van der Waals surface area contributed by atoms with Crippen LogP contribution in [0.15, 0.2) is 0 Å². The zero-order valence-corrected chi connectivity index (χ0v) is 31.4. The Morgan fingerprint density at radius 1 is 0.652 bits per heavy atom. The van der Waals surface area contributed by atoms with Crippen LogP contribution in [0.25, 0.3) is 0 Å². The third-order valence-electron chi connectivity index (χ3n) is 8.22. The molecule has 0 heterocycles. The molecule has 0 aromatic heterocycles. The summed E-state index contributed by atoms with van der Waals surface area (Å²) in [7, 11) is -2.64. The molecule has 0 radical (unpaired) electrons.